The number of amides is 1. The molecule has 106 valence electrons. The predicted octanol–water partition coefficient (Wildman–Crippen LogP) is -0.511. The van der Waals surface area contributed by atoms with Crippen LogP contribution in [0.15, 0.2) is 23.1 Å². The van der Waals surface area contributed by atoms with Crippen LogP contribution in [0.4, 0.5) is 11.4 Å². The molecule has 8 heteroatoms. The second kappa shape index (κ2) is 5.89. The lowest BCUT2D eigenvalue weighted by molar-refractivity contribution is -0.120. The highest BCUT2D eigenvalue weighted by atomic mass is 32.2. The van der Waals surface area contributed by atoms with Gasteiger partial charge in [0.05, 0.1) is 11.4 Å². The molecule has 0 fully saturated rings. The Morgan fingerprint density at radius 3 is 2.58 bits per heavy atom. The fraction of sp³-hybridized carbons (Fsp3) is 0.364. The standard InChI is InChI=1S/C11H18N4O3S/c1-14-10(16)6-7-15(2)8-4-3-5-9(11(8)12)19(13,17)18/h3-5H,6-7,12H2,1-2H3,(H,14,16)(H2,13,17,18). The highest BCUT2D eigenvalue weighted by Crippen LogP contribution is 2.28. The van der Waals surface area contributed by atoms with E-state index in [9.17, 15) is 13.2 Å². The van der Waals surface area contributed by atoms with Crippen molar-refractivity contribution in [3.8, 4) is 0 Å². The minimum absolute atomic E-state index is 0.0874. The Kier molecular flexibility index (Phi) is 4.73. The summed E-state index contributed by atoms with van der Waals surface area (Å²) in [6, 6.07) is 4.58. The van der Waals surface area contributed by atoms with Gasteiger partial charge in [0.2, 0.25) is 15.9 Å². The molecule has 5 N–H and O–H groups in total. The van der Waals surface area contributed by atoms with Crippen LogP contribution in [0.1, 0.15) is 6.42 Å². The zero-order valence-corrected chi connectivity index (χ0v) is 11.7. The van der Waals surface area contributed by atoms with Gasteiger partial charge >= 0.3 is 0 Å². The van der Waals surface area contributed by atoms with E-state index >= 15 is 0 Å². The molecule has 0 unspecified atom stereocenters. The minimum Gasteiger partial charge on any atom is -0.396 e. The average molecular weight is 286 g/mol. The lowest BCUT2D eigenvalue weighted by Crippen LogP contribution is -2.27. The largest absolute Gasteiger partial charge is 0.396 e. The predicted molar refractivity (Wildman–Crippen MR) is 74.2 cm³/mol. The first-order chi connectivity index (χ1) is 8.77. The van der Waals surface area contributed by atoms with Crippen molar-refractivity contribution in [3.05, 3.63) is 18.2 Å². The molecule has 7 nitrogen and oxygen atoms in total. The van der Waals surface area contributed by atoms with E-state index in [2.05, 4.69) is 5.32 Å². The van der Waals surface area contributed by atoms with Crippen molar-refractivity contribution in [2.24, 2.45) is 5.14 Å². The van der Waals surface area contributed by atoms with Gasteiger partial charge in [0.15, 0.2) is 0 Å². The van der Waals surface area contributed by atoms with E-state index in [4.69, 9.17) is 10.9 Å². The van der Waals surface area contributed by atoms with Gasteiger partial charge in [0, 0.05) is 27.1 Å². The number of benzene rings is 1. The third kappa shape index (κ3) is 3.83. The summed E-state index contributed by atoms with van der Waals surface area (Å²) in [4.78, 5) is 12.8. The van der Waals surface area contributed by atoms with Crippen LogP contribution in [-0.2, 0) is 14.8 Å². The number of primary sulfonamides is 1. The Hall–Kier alpha value is -1.80. The van der Waals surface area contributed by atoms with Gasteiger partial charge in [-0.15, -0.1) is 0 Å². The molecule has 0 saturated heterocycles. The Morgan fingerprint density at radius 2 is 2.05 bits per heavy atom. The summed E-state index contributed by atoms with van der Waals surface area (Å²) in [6.07, 6.45) is 0.284. The second-order valence-electron chi connectivity index (χ2n) is 4.08. The number of nitrogens with two attached hydrogens (primary N) is 2. The lowest BCUT2D eigenvalue weighted by atomic mass is 10.2. The molecule has 1 aromatic rings. The second-order valence-corrected chi connectivity index (χ2v) is 5.61. The first kappa shape index (κ1) is 15.3. The number of anilines is 2. The number of sulfonamides is 1. The Labute approximate surface area is 112 Å². The summed E-state index contributed by atoms with van der Waals surface area (Å²) in [5.41, 5.74) is 6.42. The van der Waals surface area contributed by atoms with Gasteiger partial charge in [0.25, 0.3) is 0 Å². The molecule has 0 bridgehead atoms. The third-order valence-corrected chi connectivity index (χ3v) is 3.68. The summed E-state index contributed by atoms with van der Waals surface area (Å²) in [6.45, 7) is 0.415. The van der Waals surface area contributed by atoms with Gasteiger partial charge < -0.3 is 16.0 Å². The lowest BCUT2D eigenvalue weighted by Gasteiger charge is -2.21. The highest BCUT2D eigenvalue weighted by molar-refractivity contribution is 7.89. The van der Waals surface area contributed by atoms with Crippen LogP contribution in [0, 0.1) is 0 Å². The van der Waals surface area contributed by atoms with Crippen LogP contribution in [-0.4, -0.2) is 35.0 Å². The molecule has 0 aliphatic heterocycles. The van der Waals surface area contributed by atoms with E-state index in [-0.39, 0.29) is 22.9 Å². The van der Waals surface area contributed by atoms with Gasteiger partial charge in [-0.2, -0.15) is 0 Å². The fourth-order valence-corrected chi connectivity index (χ4v) is 2.31. The third-order valence-electron chi connectivity index (χ3n) is 2.71. The van der Waals surface area contributed by atoms with Crippen LogP contribution in [0.2, 0.25) is 0 Å². The van der Waals surface area contributed by atoms with Crippen LogP contribution >= 0.6 is 0 Å². The number of nitrogen functional groups attached to an aromatic ring is 1. The first-order valence-corrected chi connectivity index (χ1v) is 7.15. The molecule has 1 rings (SSSR count). The fourth-order valence-electron chi connectivity index (χ4n) is 1.63. The molecule has 0 radical (unpaired) electrons. The number of para-hydroxylation sites is 1. The number of carbonyl (C=O) groups excluding carboxylic acids is 1. The first-order valence-electron chi connectivity index (χ1n) is 5.60. The molecular weight excluding hydrogens is 268 g/mol. The van der Waals surface area contributed by atoms with E-state index < -0.39 is 10.0 Å². The van der Waals surface area contributed by atoms with Crippen molar-refractivity contribution in [2.45, 2.75) is 11.3 Å². The number of rotatable bonds is 5. The van der Waals surface area contributed by atoms with Gasteiger partial charge in [-0.3, -0.25) is 4.79 Å². The molecule has 0 heterocycles. The molecular formula is C11H18N4O3S. The zero-order valence-electron chi connectivity index (χ0n) is 10.9. The Morgan fingerprint density at radius 1 is 1.42 bits per heavy atom. The van der Waals surface area contributed by atoms with Crippen LogP contribution in [0.5, 0.6) is 0 Å². The minimum atomic E-state index is -3.86. The van der Waals surface area contributed by atoms with Gasteiger partial charge in [-0.05, 0) is 12.1 Å². The smallest absolute Gasteiger partial charge is 0.240 e. The van der Waals surface area contributed by atoms with Crippen molar-refractivity contribution in [3.63, 3.8) is 0 Å². The van der Waals surface area contributed by atoms with Crippen molar-refractivity contribution < 1.29 is 13.2 Å². The van der Waals surface area contributed by atoms with Gasteiger partial charge in [-0.25, -0.2) is 13.6 Å². The number of hydrogen-bond donors (Lipinski definition) is 3. The number of nitrogens with one attached hydrogen (secondary N) is 1. The normalized spacial score (nSPS) is 11.1. The van der Waals surface area contributed by atoms with E-state index in [0.717, 1.165) is 0 Å². The SMILES string of the molecule is CNC(=O)CCN(C)c1cccc(S(N)(=O)=O)c1N. The van der Waals surface area contributed by atoms with Crippen LogP contribution in [0.3, 0.4) is 0 Å². The summed E-state index contributed by atoms with van der Waals surface area (Å²) >= 11 is 0. The molecule has 0 aliphatic rings. The van der Waals surface area contributed by atoms with Crippen molar-refractivity contribution in [2.75, 3.05) is 31.3 Å². The number of carbonyl (C=O) groups is 1. The quantitative estimate of drug-likeness (QED) is 0.630. The maximum atomic E-state index is 11.4. The van der Waals surface area contributed by atoms with Crippen molar-refractivity contribution in [1.82, 2.24) is 5.32 Å². The highest BCUT2D eigenvalue weighted by Gasteiger charge is 2.16. The zero-order chi connectivity index (χ0) is 14.6. The Balaban J connectivity index is 2.99. The molecule has 0 aromatic heterocycles. The summed E-state index contributed by atoms with van der Waals surface area (Å²) in [5, 5.41) is 7.59. The molecule has 19 heavy (non-hydrogen) atoms. The van der Waals surface area contributed by atoms with E-state index in [0.29, 0.717) is 12.2 Å². The van der Waals surface area contributed by atoms with E-state index in [1.165, 1.54) is 6.07 Å². The van der Waals surface area contributed by atoms with E-state index in [1.807, 2.05) is 0 Å². The van der Waals surface area contributed by atoms with Crippen molar-refractivity contribution in [1.29, 1.82) is 0 Å². The summed E-state index contributed by atoms with van der Waals surface area (Å²) in [7, 11) is -0.579. The van der Waals surface area contributed by atoms with Crippen LogP contribution in [0.25, 0.3) is 0 Å². The van der Waals surface area contributed by atoms with Crippen LogP contribution < -0.4 is 21.1 Å². The summed E-state index contributed by atoms with van der Waals surface area (Å²) < 4.78 is 22.7. The van der Waals surface area contributed by atoms with Crippen molar-refractivity contribution >= 4 is 27.3 Å². The monoisotopic (exact) mass is 286 g/mol. The molecule has 1 amide bonds. The molecule has 0 spiro atoms. The van der Waals surface area contributed by atoms with E-state index in [1.54, 1.807) is 31.1 Å². The van der Waals surface area contributed by atoms with Gasteiger partial charge in [-0.1, -0.05) is 6.07 Å². The number of hydrogen-bond acceptors (Lipinski definition) is 5. The average Bonchev–Trinajstić information content (AvgIpc) is 2.34. The molecule has 0 saturated carbocycles. The van der Waals surface area contributed by atoms with Gasteiger partial charge in [0.1, 0.15) is 4.90 Å². The molecule has 1 aromatic carbocycles. The summed E-state index contributed by atoms with van der Waals surface area (Å²) in [5.74, 6) is -0.104. The molecule has 0 aliphatic carbocycles. The number of nitrogens with zero attached hydrogens (tertiary/aromatic N) is 1. The topological polar surface area (TPSA) is 119 Å². The Bertz CT molecular complexity index is 571. The molecule has 0 atom stereocenters. The maximum Gasteiger partial charge on any atom is 0.240 e. The maximum absolute atomic E-state index is 11.4.